The average molecular weight is 494 g/mol. The number of aromatic amines is 1. The number of nitrogens with one attached hydrogen (secondary N) is 3. The summed E-state index contributed by atoms with van der Waals surface area (Å²) in [6.45, 7) is 6.67. The lowest BCUT2D eigenvalue weighted by Crippen LogP contribution is -2.43. The van der Waals surface area contributed by atoms with Crippen molar-refractivity contribution in [1.82, 2.24) is 25.3 Å². The van der Waals surface area contributed by atoms with Gasteiger partial charge in [0, 0.05) is 55.6 Å². The fraction of sp³-hybridized carbons (Fsp3) is 0.280. The van der Waals surface area contributed by atoms with Crippen molar-refractivity contribution < 1.29 is 18.3 Å². The van der Waals surface area contributed by atoms with Crippen molar-refractivity contribution in [2.24, 2.45) is 0 Å². The number of carbonyl (C=O) groups is 1. The fourth-order valence-electron chi connectivity index (χ4n) is 4.27. The van der Waals surface area contributed by atoms with Gasteiger partial charge in [-0.1, -0.05) is 0 Å². The third kappa shape index (κ3) is 4.82. The van der Waals surface area contributed by atoms with Crippen LogP contribution in [-0.4, -0.2) is 51.9 Å². The van der Waals surface area contributed by atoms with Crippen LogP contribution in [0.25, 0.3) is 5.83 Å². The van der Waals surface area contributed by atoms with Crippen LogP contribution in [0.2, 0.25) is 0 Å². The minimum Gasteiger partial charge on any atom is -0.435 e. The van der Waals surface area contributed by atoms with Crippen molar-refractivity contribution in [2.75, 3.05) is 36.4 Å². The van der Waals surface area contributed by atoms with E-state index in [1.165, 1.54) is 13.3 Å². The number of ether oxygens (including phenoxy) is 1. The molecule has 1 saturated heterocycles. The van der Waals surface area contributed by atoms with Crippen molar-refractivity contribution in [3.63, 3.8) is 0 Å². The molecule has 4 heterocycles. The van der Waals surface area contributed by atoms with E-state index < -0.39 is 17.4 Å². The molecule has 0 bridgehead atoms. The monoisotopic (exact) mass is 493 g/mol. The first-order valence-electron chi connectivity index (χ1n) is 11.6. The summed E-state index contributed by atoms with van der Waals surface area (Å²) in [4.78, 5) is 30.4. The molecule has 0 unspecified atom stereocenters. The van der Waals surface area contributed by atoms with Gasteiger partial charge in [0.2, 0.25) is 5.88 Å². The Hall–Kier alpha value is -4.12. The third-order valence-electron chi connectivity index (χ3n) is 5.97. The molecule has 0 saturated carbocycles. The van der Waals surface area contributed by atoms with E-state index in [1.54, 1.807) is 25.3 Å². The number of fused-ring (bicyclic) bond motifs is 1. The van der Waals surface area contributed by atoms with Crippen LogP contribution in [0.3, 0.4) is 0 Å². The average Bonchev–Trinajstić information content (AvgIpc) is 3.19. The highest BCUT2D eigenvalue weighted by Gasteiger charge is 2.25. The highest BCUT2D eigenvalue weighted by Crippen LogP contribution is 2.34. The number of anilines is 3. The van der Waals surface area contributed by atoms with Crippen LogP contribution in [0.15, 0.2) is 48.4 Å². The summed E-state index contributed by atoms with van der Waals surface area (Å²) in [6, 6.07) is 5.29. The largest absolute Gasteiger partial charge is 0.435 e. The number of carbonyl (C=O) groups excluding carboxylic acids is 1. The van der Waals surface area contributed by atoms with Gasteiger partial charge in [-0.05, 0) is 32.0 Å². The van der Waals surface area contributed by atoms with Crippen LogP contribution in [0, 0.1) is 6.92 Å². The van der Waals surface area contributed by atoms with E-state index >= 15 is 4.39 Å². The molecule has 3 aromatic heterocycles. The molecule has 1 aliphatic carbocycles. The number of allylic oxidation sites excluding steroid dienone is 2. The summed E-state index contributed by atoms with van der Waals surface area (Å²) in [5.74, 6) is -1.73. The number of aryl methyl sites for hydroxylation is 1. The summed E-state index contributed by atoms with van der Waals surface area (Å²) in [7, 11) is 0. The number of piperazine rings is 1. The number of halogens is 2. The molecule has 36 heavy (non-hydrogen) atoms. The van der Waals surface area contributed by atoms with Gasteiger partial charge in [0.25, 0.3) is 0 Å². The summed E-state index contributed by atoms with van der Waals surface area (Å²) in [5, 5.41) is 6.32. The number of hydrogen-bond donors (Lipinski definition) is 3. The first-order valence-corrected chi connectivity index (χ1v) is 11.6. The van der Waals surface area contributed by atoms with Gasteiger partial charge in [0.1, 0.15) is 29.4 Å². The van der Waals surface area contributed by atoms with E-state index in [0.29, 0.717) is 17.2 Å². The van der Waals surface area contributed by atoms with Crippen LogP contribution in [0.1, 0.15) is 34.2 Å². The molecule has 0 radical (unpaired) electrons. The zero-order chi connectivity index (χ0) is 25.2. The van der Waals surface area contributed by atoms with Crippen LogP contribution in [-0.2, 0) is 6.42 Å². The molecular formula is C25H25F2N7O2. The molecule has 0 spiro atoms. The Morgan fingerprint density at radius 3 is 2.69 bits per heavy atom. The molecule has 11 heteroatoms. The zero-order valence-corrected chi connectivity index (χ0v) is 19.9. The topological polar surface area (TPSA) is 108 Å². The lowest BCUT2D eigenvalue weighted by Gasteiger charge is -2.29. The molecule has 5 rings (SSSR count). The highest BCUT2D eigenvalue weighted by molar-refractivity contribution is 6.01. The van der Waals surface area contributed by atoms with Crippen molar-refractivity contribution in [1.29, 1.82) is 0 Å². The fourth-order valence-corrected chi connectivity index (χ4v) is 4.27. The van der Waals surface area contributed by atoms with E-state index in [9.17, 15) is 9.18 Å². The Labute approximate surface area is 206 Å². The summed E-state index contributed by atoms with van der Waals surface area (Å²) in [6.07, 6.45) is 3.79. The van der Waals surface area contributed by atoms with E-state index in [4.69, 9.17) is 4.74 Å². The Kier molecular flexibility index (Phi) is 6.47. The number of ketones is 1. The van der Waals surface area contributed by atoms with Gasteiger partial charge in [0.05, 0.1) is 11.9 Å². The Morgan fingerprint density at radius 1 is 1.17 bits per heavy atom. The summed E-state index contributed by atoms with van der Waals surface area (Å²) < 4.78 is 35.5. The molecule has 1 aliphatic heterocycles. The van der Waals surface area contributed by atoms with Crippen LogP contribution >= 0.6 is 0 Å². The van der Waals surface area contributed by atoms with E-state index in [2.05, 4.69) is 35.5 Å². The SMILES string of the molecule is CC(=O)c1c(Nc2ccc(N3CCNCC3)cn2)ncnc1OC1=C(F)c2cc(C)[nH]c2CC(F)=C1. The van der Waals surface area contributed by atoms with Crippen molar-refractivity contribution in [3.8, 4) is 5.88 Å². The lowest BCUT2D eigenvalue weighted by molar-refractivity contribution is 0.101. The van der Waals surface area contributed by atoms with Gasteiger partial charge in [-0.25, -0.2) is 23.7 Å². The first kappa shape index (κ1) is 23.6. The molecule has 0 aromatic carbocycles. The van der Waals surface area contributed by atoms with Crippen molar-refractivity contribution in [2.45, 2.75) is 20.3 Å². The molecule has 0 amide bonds. The second-order valence-corrected chi connectivity index (χ2v) is 8.62. The van der Waals surface area contributed by atoms with Crippen molar-refractivity contribution in [3.05, 3.63) is 70.9 Å². The Morgan fingerprint density at radius 2 is 1.97 bits per heavy atom. The second kappa shape index (κ2) is 9.86. The normalized spacial score (nSPS) is 15.8. The maximum Gasteiger partial charge on any atom is 0.235 e. The smallest absolute Gasteiger partial charge is 0.235 e. The van der Waals surface area contributed by atoms with Crippen LogP contribution < -0.4 is 20.3 Å². The Bertz CT molecular complexity index is 1360. The number of pyridine rings is 1. The van der Waals surface area contributed by atoms with E-state index in [0.717, 1.165) is 37.9 Å². The number of rotatable bonds is 6. The number of H-pyrrole nitrogens is 1. The zero-order valence-electron chi connectivity index (χ0n) is 19.9. The first-order chi connectivity index (χ1) is 17.4. The molecule has 0 atom stereocenters. The van der Waals surface area contributed by atoms with Crippen molar-refractivity contribution >= 4 is 28.9 Å². The third-order valence-corrected chi connectivity index (χ3v) is 5.97. The summed E-state index contributed by atoms with van der Waals surface area (Å²) >= 11 is 0. The lowest BCUT2D eigenvalue weighted by atomic mass is 10.2. The summed E-state index contributed by atoms with van der Waals surface area (Å²) in [5.41, 5.74) is 2.29. The molecule has 9 nitrogen and oxygen atoms in total. The molecule has 186 valence electrons. The van der Waals surface area contributed by atoms with E-state index in [1.807, 2.05) is 6.07 Å². The molecule has 2 aliphatic rings. The van der Waals surface area contributed by atoms with Gasteiger partial charge < -0.3 is 25.3 Å². The molecular weight excluding hydrogens is 468 g/mol. The predicted octanol–water partition coefficient (Wildman–Crippen LogP) is 3.99. The van der Waals surface area contributed by atoms with Crippen LogP contribution in [0.4, 0.5) is 26.1 Å². The van der Waals surface area contributed by atoms with Gasteiger partial charge in [-0.3, -0.25) is 4.79 Å². The number of nitrogens with zero attached hydrogens (tertiary/aromatic N) is 4. The Balaban J connectivity index is 1.44. The molecule has 3 N–H and O–H groups in total. The van der Waals surface area contributed by atoms with Gasteiger partial charge in [-0.15, -0.1) is 0 Å². The van der Waals surface area contributed by atoms with Gasteiger partial charge in [-0.2, -0.15) is 0 Å². The maximum atomic E-state index is 15.3. The minimum atomic E-state index is -0.755. The quantitative estimate of drug-likeness (QED) is 0.443. The van der Waals surface area contributed by atoms with Gasteiger partial charge in [0.15, 0.2) is 17.4 Å². The number of hydrogen-bond acceptors (Lipinski definition) is 8. The molecule has 3 aromatic rings. The maximum absolute atomic E-state index is 15.3. The number of Topliss-reactive ketones (excluding diaryl/α,β-unsaturated/α-hetero) is 1. The van der Waals surface area contributed by atoms with Gasteiger partial charge >= 0.3 is 0 Å². The standard InChI is InChI=1S/C25H25F2N7O2/c1-14-9-18-19(32-14)10-16(26)11-20(23(18)27)36-25-22(15(2)35)24(30-13-31-25)33-21-4-3-17(12-29-21)34-7-5-28-6-8-34/h3-4,9,11-13,28,32H,5-8,10H2,1-2H3,(H,29,30,31,33). The minimum absolute atomic E-state index is 0.00527. The predicted molar refractivity (Wildman–Crippen MR) is 132 cm³/mol. The highest BCUT2D eigenvalue weighted by atomic mass is 19.1. The number of aromatic nitrogens is 4. The van der Waals surface area contributed by atoms with E-state index in [-0.39, 0.29) is 35.0 Å². The molecule has 1 fully saturated rings. The van der Waals surface area contributed by atoms with Crippen LogP contribution in [0.5, 0.6) is 5.88 Å². The second-order valence-electron chi connectivity index (χ2n) is 8.62.